The average molecular weight is 526 g/mol. The first kappa shape index (κ1) is 26.5. The number of rotatable bonds is 9. The minimum absolute atomic E-state index is 0.0232. The van der Waals surface area contributed by atoms with Crippen molar-refractivity contribution in [2.45, 2.75) is 24.8 Å². The molecule has 11 heteroatoms. The summed E-state index contributed by atoms with van der Waals surface area (Å²) in [4.78, 5) is 1.83. The number of hydrogen-bond donors (Lipinski definition) is 4. The van der Waals surface area contributed by atoms with Crippen LogP contribution in [0.3, 0.4) is 0 Å². The van der Waals surface area contributed by atoms with Crippen LogP contribution in [0.2, 0.25) is 0 Å². The minimum Gasteiger partial charge on any atom is -0.490 e. The van der Waals surface area contributed by atoms with Crippen molar-refractivity contribution in [2.75, 3.05) is 27.3 Å². The highest BCUT2D eigenvalue weighted by molar-refractivity contribution is 7.54. The number of fused-ring (bicyclic) bond motifs is 1. The van der Waals surface area contributed by atoms with Gasteiger partial charge in [-0.3, -0.25) is 15.4 Å². The number of nitrogens with one attached hydrogen (secondary N) is 2. The molecule has 3 aromatic rings. The molecule has 6 N–H and O–H groups in total. The van der Waals surface area contributed by atoms with Crippen LogP contribution in [0.25, 0.3) is 10.8 Å². The molecule has 196 valence electrons. The van der Waals surface area contributed by atoms with Crippen molar-refractivity contribution in [1.29, 1.82) is 10.8 Å². The fourth-order valence-corrected chi connectivity index (χ4v) is 5.61. The molecule has 0 spiro atoms. The van der Waals surface area contributed by atoms with Gasteiger partial charge >= 0.3 is 7.60 Å². The third-order valence-electron chi connectivity index (χ3n) is 6.42. The van der Waals surface area contributed by atoms with Crippen LogP contribution in [0, 0.1) is 10.8 Å². The lowest BCUT2D eigenvalue weighted by Crippen LogP contribution is -2.44. The molecule has 10 nitrogen and oxygen atoms in total. The van der Waals surface area contributed by atoms with E-state index in [1.165, 1.54) is 14.2 Å². The number of nitrogens with zero attached hydrogens (tertiary/aromatic N) is 1. The van der Waals surface area contributed by atoms with Gasteiger partial charge in [-0.05, 0) is 41.1 Å². The van der Waals surface area contributed by atoms with Gasteiger partial charge in [-0.1, -0.05) is 30.3 Å². The molecule has 0 amide bonds. The number of hydrogen-bond acceptors (Lipinski definition) is 7. The van der Waals surface area contributed by atoms with Gasteiger partial charge in [0.1, 0.15) is 23.4 Å². The van der Waals surface area contributed by atoms with Crippen molar-refractivity contribution in [3.63, 3.8) is 0 Å². The van der Waals surface area contributed by atoms with Gasteiger partial charge in [0.2, 0.25) is 5.85 Å². The summed E-state index contributed by atoms with van der Waals surface area (Å²) < 4.78 is 36.4. The summed E-state index contributed by atoms with van der Waals surface area (Å²) in [5.41, 5.74) is 12.4. The third-order valence-corrected chi connectivity index (χ3v) is 8.41. The molecule has 1 fully saturated rings. The van der Waals surface area contributed by atoms with Crippen molar-refractivity contribution in [3.05, 3.63) is 71.8 Å². The highest BCUT2D eigenvalue weighted by Gasteiger charge is 2.38. The molecule has 3 aromatic carbocycles. The van der Waals surface area contributed by atoms with E-state index in [2.05, 4.69) is 0 Å². The van der Waals surface area contributed by atoms with Crippen LogP contribution < -0.4 is 20.9 Å². The number of benzene rings is 3. The van der Waals surface area contributed by atoms with E-state index in [4.69, 9.17) is 40.8 Å². The Morgan fingerprint density at radius 1 is 0.919 bits per heavy atom. The Kier molecular flexibility index (Phi) is 8.02. The molecule has 0 saturated carbocycles. The van der Waals surface area contributed by atoms with Gasteiger partial charge in [-0.15, -0.1) is 0 Å². The first-order valence-corrected chi connectivity index (χ1v) is 13.4. The Hall–Kier alpha value is -3.59. The van der Waals surface area contributed by atoms with Crippen molar-refractivity contribution >= 4 is 30.2 Å². The molecule has 0 aliphatic carbocycles. The zero-order valence-electron chi connectivity index (χ0n) is 20.8. The van der Waals surface area contributed by atoms with Gasteiger partial charge in [0, 0.05) is 51.3 Å². The van der Waals surface area contributed by atoms with Crippen molar-refractivity contribution in [2.24, 2.45) is 11.5 Å². The van der Waals surface area contributed by atoms with E-state index in [1.54, 1.807) is 48.5 Å². The smallest absolute Gasteiger partial charge is 0.374 e. The highest BCUT2D eigenvalue weighted by Crippen LogP contribution is 2.60. The van der Waals surface area contributed by atoms with Crippen LogP contribution in [0.1, 0.15) is 29.8 Å². The number of amidine groups is 1. The maximum atomic E-state index is 13.5. The summed E-state index contributed by atoms with van der Waals surface area (Å²) in [6, 6.07) is 18.1. The second-order valence-corrected chi connectivity index (χ2v) is 11.1. The molecule has 0 aromatic heterocycles. The van der Waals surface area contributed by atoms with Gasteiger partial charge in [0.05, 0.1) is 0 Å². The van der Waals surface area contributed by atoms with Crippen molar-refractivity contribution in [1.82, 2.24) is 4.90 Å². The Bertz CT molecular complexity index is 1320. The molecular weight excluding hydrogens is 493 g/mol. The van der Waals surface area contributed by atoms with E-state index < -0.39 is 13.4 Å². The number of ether oxygens (including phenoxy) is 2. The van der Waals surface area contributed by atoms with Crippen LogP contribution in [0.4, 0.5) is 0 Å². The number of nitrogen functional groups attached to an aromatic ring is 1. The fraction of sp³-hybridized carbons (Fsp3) is 0.308. The predicted molar refractivity (Wildman–Crippen MR) is 144 cm³/mol. The number of piperidine rings is 1. The summed E-state index contributed by atoms with van der Waals surface area (Å²) in [5.74, 6) is 0.172. The molecule has 1 saturated heterocycles. The topological polar surface area (TPSA) is 157 Å². The minimum atomic E-state index is -3.69. The van der Waals surface area contributed by atoms with Crippen LogP contribution in [-0.4, -0.2) is 50.1 Å². The van der Waals surface area contributed by atoms with E-state index in [0.29, 0.717) is 35.7 Å². The summed E-state index contributed by atoms with van der Waals surface area (Å²) in [6.45, 7) is 1.36. The van der Waals surface area contributed by atoms with E-state index in [9.17, 15) is 4.57 Å². The maximum absolute atomic E-state index is 13.5. The van der Waals surface area contributed by atoms with Crippen molar-refractivity contribution in [3.8, 4) is 11.5 Å². The monoisotopic (exact) mass is 525 g/mol. The maximum Gasteiger partial charge on any atom is 0.374 e. The zero-order chi connectivity index (χ0) is 26.6. The lowest BCUT2D eigenvalue weighted by atomic mass is 10.1. The van der Waals surface area contributed by atoms with Gasteiger partial charge in [-0.2, -0.15) is 0 Å². The zero-order valence-corrected chi connectivity index (χ0v) is 21.7. The Balaban J connectivity index is 1.55. The molecular formula is C26H32N5O5P. The molecule has 0 radical (unpaired) electrons. The van der Waals surface area contributed by atoms with E-state index in [0.717, 1.165) is 23.6 Å². The molecule has 1 aliphatic rings. The summed E-state index contributed by atoms with van der Waals surface area (Å²) in [7, 11) is -1.04. The summed E-state index contributed by atoms with van der Waals surface area (Å²) >= 11 is 0. The van der Waals surface area contributed by atoms with Gasteiger partial charge in [0.25, 0.3) is 0 Å². The van der Waals surface area contributed by atoms with E-state index >= 15 is 0 Å². The first-order valence-electron chi connectivity index (χ1n) is 11.8. The second kappa shape index (κ2) is 11.2. The number of likely N-dealkylation sites (tertiary alicyclic amines) is 1. The van der Waals surface area contributed by atoms with E-state index in [1.807, 2.05) is 17.0 Å². The molecule has 1 heterocycles. The number of guanidine groups is 1. The molecule has 4 rings (SSSR count). The predicted octanol–water partition coefficient (Wildman–Crippen LogP) is 4.42. The standard InChI is InChI=1S/C26H32N5O5P/c1-33-37(32,34-2)25(36-23-10-5-17-3-4-19(24(27)28)15-20(17)16-23)18-6-8-21(9-7-18)35-22-11-13-31(14-12-22)26(29)30/h3-10,15-16,22,25H,11-14H2,1-2H3,(H3,27,28)(H3,29,30). The largest absolute Gasteiger partial charge is 0.490 e. The molecule has 1 atom stereocenters. The lowest BCUT2D eigenvalue weighted by Gasteiger charge is -2.32. The average Bonchev–Trinajstić information content (AvgIpc) is 2.91. The van der Waals surface area contributed by atoms with Crippen LogP contribution in [0.15, 0.2) is 60.7 Å². The third kappa shape index (κ3) is 6.05. The second-order valence-electron chi connectivity index (χ2n) is 8.77. The van der Waals surface area contributed by atoms with E-state index in [-0.39, 0.29) is 17.9 Å². The highest BCUT2D eigenvalue weighted by atomic mass is 31.2. The Labute approximate surface area is 216 Å². The summed E-state index contributed by atoms with van der Waals surface area (Å²) in [6.07, 6.45) is 1.56. The van der Waals surface area contributed by atoms with Crippen LogP contribution in [0.5, 0.6) is 11.5 Å². The quantitative estimate of drug-likeness (QED) is 0.182. The normalized spacial score (nSPS) is 15.4. The fourth-order valence-electron chi connectivity index (χ4n) is 4.29. The Morgan fingerprint density at radius 3 is 2.14 bits per heavy atom. The SMILES string of the molecule is COP(=O)(OC)C(Oc1ccc2ccc(C(=N)N)cc2c1)c1ccc(OC2CCN(C(=N)N)CC2)cc1. The Morgan fingerprint density at radius 2 is 1.54 bits per heavy atom. The molecule has 1 aliphatic heterocycles. The van der Waals surface area contributed by atoms with Crippen LogP contribution >= 0.6 is 7.60 Å². The van der Waals surface area contributed by atoms with Gasteiger partial charge in [0.15, 0.2) is 5.96 Å². The van der Waals surface area contributed by atoms with Crippen LogP contribution in [-0.2, 0) is 13.6 Å². The van der Waals surface area contributed by atoms with Gasteiger partial charge < -0.3 is 34.9 Å². The molecule has 1 unspecified atom stereocenters. The number of nitrogens with two attached hydrogens (primary N) is 2. The molecule has 37 heavy (non-hydrogen) atoms. The lowest BCUT2D eigenvalue weighted by molar-refractivity contribution is 0.130. The first-order chi connectivity index (χ1) is 17.7. The van der Waals surface area contributed by atoms with Gasteiger partial charge in [-0.25, -0.2) is 0 Å². The molecule has 0 bridgehead atoms. The van der Waals surface area contributed by atoms with Crippen molar-refractivity contribution < 1.29 is 23.1 Å². The summed E-state index contributed by atoms with van der Waals surface area (Å²) in [5, 5.41) is 17.0.